The maximum atomic E-state index is 11.9. The highest BCUT2D eigenvalue weighted by molar-refractivity contribution is 5.91. The molecule has 1 heterocycles. The van der Waals surface area contributed by atoms with Gasteiger partial charge in [0.1, 0.15) is 0 Å². The summed E-state index contributed by atoms with van der Waals surface area (Å²) in [5, 5.41) is 4.04. The largest absolute Gasteiger partial charge is 0.365 e. The molecule has 0 unspecified atom stereocenters. The predicted octanol–water partition coefficient (Wildman–Crippen LogP) is 3.92. The van der Waals surface area contributed by atoms with Crippen molar-refractivity contribution in [1.82, 2.24) is 4.90 Å². The molecule has 5 heteroatoms. The van der Waals surface area contributed by atoms with E-state index in [-0.39, 0.29) is 12.4 Å². The van der Waals surface area contributed by atoms with Crippen LogP contribution in [0.2, 0.25) is 0 Å². The van der Waals surface area contributed by atoms with Crippen molar-refractivity contribution in [1.29, 1.82) is 0 Å². The molecule has 3 rings (SSSR count). The van der Waals surface area contributed by atoms with Crippen molar-refractivity contribution in [3.05, 3.63) is 71.8 Å². The number of rotatable bonds is 4. The van der Waals surface area contributed by atoms with E-state index < -0.39 is 5.97 Å². The summed E-state index contributed by atoms with van der Waals surface area (Å²) in [4.78, 5) is 19.3. The summed E-state index contributed by atoms with van der Waals surface area (Å²) < 4.78 is 0. The molecule has 0 aliphatic carbocycles. The Kier molecular flexibility index (Phi) is 6.97. The number of oxime groups is 1. The van der Waals surface area contributed by atoms with Crippen LogP contribution >= 0.6 is 12.4 Å². The first-order valence-electron chi connectivity index (χ1n) is 7.90. The first-order valence-corrected chi connectivity index (χ1v) is 7.90. The van der Waals surface area contributed by atoms with Gasteiger partial charge in [0.05, 0.1) is 11.3 Å². The highest BCUT2D eigenvalue weighted by atomic mass is 35.5. The van der Waals surface area contributed by atoms with E-state index in [0.29, 0.717) is 5.56 Å². The van der Waals surface area contributed by atoms with E-state index in [4.69, 9.17) is 4.84 Å². The van der Waals surface area contributed by atoms with Crippen LogP contribution in [0.4, 0.5) is 0 Å². The van der Waals surface area contributed by atoms with Crippen LogP contribution in [0.5, 0.6) is 0 Å². The standard InChI is InChI=1S/C19H20N2O2.ClH/c22-19(17-9-5-2-6-10-17)23-20-18-11-13-21(14-12-18)15-16-7-3-1-4-8-16;/h1-10H,11-15H2;1H. The van der Waals surface area contributed by atoms with Gasteiger partial charge in [0, 0.05) is 32.5 Å². The monoisotopic (exact) mass is 344 g/mol. The number of carbonyl (C=O) groups excluding carboxylic acids is 1. The number of likely N-dealkylation sites (tertiary alicyclic amines) is 1. The van der Waals surface area contributed by atoms with E-state index in [1.807, 2.05) is 24.3 Å². The number of carbonyl (C=O) groups is 1. The average molecular weight is 345 g/mol. The van der Waals surface area contributed by atoms with Gasteiger partial charge in [0.15, 0.2) is 0 Å². The van der Waals surface area contributed by atoms with E-state index in [1.165, 1.54) is 5.56 Å². The Balaban J connectivity index is 0.00000208. The topological polar surface area (TPSA) is 41.9 Å². The van der Waals surface area contributed by atoms with Crippen molar-refractivity contribution in [3.8, 4) is 0 Å². The third-order valence-electron chi connectivity index (χ3n) is 3.95. The second-order valence-electron chi connectivity index (χ2n) is 5.66. The Morgan fingerprint density at radius 1 is 0.958 bits per heavy atom. The summed E-state index contributed by atoms with van der Waals surface area (Å²) in [5.74, 6) is -0.398. The fourth-order valence-corrected chi connectivity index (χ4v) is 2.64. The molecule has 1 aliphatic rings. The number of halogens is 1. The van der Waals surface area contributed by atoms with Gasteiger partial charge in [-0.1, -0.05) is 53.7 Å². The molecule has 0 aromatic heterocycles. The van der Waals surface area contributed by atoms with Crippen LogP contribution in [0.15, 0.2) is 65.8 Å². The summed E-state index contributed by atoms with van der Waals surface area (Å²) in [6.45, 7) is 2.84. The second kappa shape index (κ2) is 9.21. The minimum Gasteiger partial charge on any atom is -0.313 e. The van der Waals surface area contributed by atoms with Crippen LogP contribution in [0.3, 0.4) is 0 Å². The SMILES string of the molecule is Cl.O=C(ON=C1CCN(Cc2ccccc2)CC1)c1ccccc1. The Bertz CT molecular complexity index is 664. The minimum absolute atomic E-state index is 0. The van der Waals surface area contributed by atoms with Crippen LogP contribution in [0, 0.1) is 0 Å². The third-order valence-corrected chi connectivity index (χ3v) is 3.95. The lowest BCUT2D eigenvalue weighted by atomic mass is 10.1. The number of piperidine rings is 1. The van der Waals surface area contributed by atoms with Crippen LogP contribution < -0.4 is 0 Å². The maximum Gasteiger partial charge on any atom is 0.365 e. The molecule has 0 saturated carbocycles. The third kappa shape index (κ3) is 5.18. The lowest BCUT2D eigenvalue weighted by Crippen LogP contribution is -2.33. The molecule has 1 aliphatic heterocycles. The van der Waals surface area contributed by atoms with Gasteiger partial charge in [-0.25, -0.2) is 4.79 Å². The molecule has 0 spiro atoms. The average Bonchev–Trinajstić information content (AvgIpc) is 2.62. The first-order chi connectivity index (χ1) is 11.3. The first kappa shape index (κ1) is 18.2. The summed E-state index contributed by atoms with van der Waals surface area (Å²) in [7, 11) is 0. The zero-order valence-electron chi connectivity index (χ0n) is 13.4. The van der Waals surface area contributed by atoms with Crippen molar-refractivity contribution < 1.29 is 9.63 Å². The molecule has 0 atom stereocenters. The molecule has 1 saturated heterocycles. The molecule has 0 N–H and O–H groups in total. The Morgan fingerprint density at radius 3 is 2.17 bits per heavy atom. The van der Waals surface area contributed by atoms with Gasteiger partial charge in [0.25, 0.3) is 0 Å². The zero-order valence-corrected chi connectivity index (χ0v) is 14.2. The quantitative estimate of drug-likeness (QED) is 0.623. The summed E-state index contributed by atoms with van der Waals surface area (Å²) >= 11 is 0. The summed E-state index contributed by atoms with van der Waals surface area (Å²) in [5.41, 5.74) is 2.81. The smallest absolute Gasteiger partial charge is 0.313 e. The van der Waals surface area contributed by atoms with Crippen LogP contribution in [0.1, 0.15) is 28.8 Å². The van der Waals surface area contributed by atoms with Crippen LogP contribution in [-0.4, -0.2) is 29.7 Å². The van der Waals surface area contributed by atoms with Crippen LogP contribution in [-0.2, 0) is 11.4 Å². The fraction of sp³-hybridized carbons (Fsp3) is 0.263. The van der Waals surface area contributed by atoms with Gasteiger partial charge >= 0.3 is 5.97 Å². The van der Waals surface area contributed by atoms with Gasteiger partial charge in [-0.3, -0.25) is 4.90 Å². The van der Waals surface area contributed by atoms with Crippen molar-refractivity contribution >= 4 is 24.1 Å². The molecule has 2 aromatic rings. The number of hydrogen-bond donors (Lipinski definition) is 0. The van der Waals surface area contributed by atoms with E-state index in [0.717, 1.165) is 38.2 Å². The lowest BCUT2D eigenvalue weighted by Gasteiger charge is -2.27. The molecule has 2 aromatic carbocycles. The molecule has 0 bridgehead atoms. The molecular weight excluding hydrogens is 324 g/mol. The Labute approximate surface area is 148 Å². The van der Waals surface area contributed by atoms with E-state index in [9.17, 15) is 4.79 Å². The number of benzene rings is 2. The van der Waals surface area contributed by atoms with Gasteiger partial charge < -0.3 is 4.84 Å². The molecule has 4 nitrogen and oxygen atoms in total. The van der Waals surface area contributed by atoms with Gasteiger partial charge in [-0.05, 0) is 17.7 Å². The molecule has 126 valence electrons. The van der Waals surface area contributed by atoms with Gasteiger partial charge in [0.2, 0.25) is 0 Å². The van der Waals surface area contributed by atoms with Gasteiger partial charge in [-0.2, -0.15) is 0 Å². The second-order valence-corrected chi connectivity index (χ2v) is 5.66. The van der Waals surface area contributed by atoms with E-state index in [2.05, 4.69) is 34.3 Å². The molecule has 0 radical (unpaired) electrons. The van der Waals surface area contributed by atoms with Crippen molar-refractivity contribution in [3.63, 3.8) is 0 Å². The fourth-order valence-electron chi connectivity index (χ4n) is 2.64. The lowest BCUT2D eigenvalue weighted by molar-refractivity contribution is 0.0512. The van der Waals surface area contributed by atoms with E-state index >= 15 is 0 Å². The van der Waals surface area contributed by atoms with Crippen molar-refractivity contribution in [2.24, 2.45) is 5.16 Å². The number of nitrogens with zero attached hydrogens (tertiary/aromatic N) is 2. The highest BCUT2D eigenvalue weighted by Gasteiger charge is 2.16. The number of hydrogen-bond acceptors (Lipinski definition) is 4. The zero-order chi connectivity index (χ0) is 15.9. The summed E-state index contributed by atoms with van der Waals surface area (Å²) in [6.07, 6.45) is 1.68. The maximum absolute atomic E-state index is 11.9. The molecule has 0 amide bonds. The normalized spacial score (nSPS) is 14.6. The highest BCUT2D eigenvalue weighted by Crippen LogP contribution is 2.12. The summed E-state index contributed by atoms with van der Waals surface area (Å²) in [6, 6.07) is 19.4. The molecular formula is C19H21ClN2O2. The van der Waals surface area contributed by atoms with Crippen molar-refractivity contribution in [2.45, 2.75) is 19.4 Å². The van der Waals surface area contributed by atoms with E-state index in [1.54, 1.807) is 12.1 Å². The van der Waals surface area contributed by atoms with Gasteiger partial charge in [-0.15, -0.1) is 12.4 Å². The van der Waals surface area contributed by atoms with Crippen molar-refractivity contribution in [2.75, 3.05) is 13.1 Å². The molecule has 1 fully saturated rings. The molecule has 24 heavy (non-hydrogen) atoms. The Morgan fingerprint density at radius 2 is 1.54 bits per heavy atom. The predicted molar refractivity (Wildman–Crippen MR) is 97.5 cm³/mol. The minimum atomic E-state index is -0.398. The Hall–Kier alpha value is -2.17. The van der Waals surface area contributed by atoms with Crippen LogP contribution in [0.25, 0.3) is 0 Å².